The summed E-state index contributed by atoms with van der Waals surface area (Å²) >= 11 is 1.70. The van der Waals surface area contributed by atoms with Gasteiger partial charge in [-0.1, -0.05) is 25.1 Å². The van der Waals surface area contributed by atoms with Crippen LogP contribution in [0.2, 0.25) is 0 Å². The van der Waals surface area contributed by atoms with Crippen molar-refractivity contribution in [1.82, 2.24) is 0 Å². The fraction of sp³-hybridized carbons (Fsp3) is 0.414. The number of thioether (sulfide) groups is 1. The standard InChI is InChI=1S/C29H33NO6S/c1-5-37-13-12-36-29(33)26-17(2)30-22-14-20(19-8-11-24(34-3)25(16-19)35-4)15-23(32)28(22)27(26)18-6-9-21(31)10-7-18/h6-11,16,20,26-27,31H,5,12-15H2,1-4H3/t20-,26?,27-/m1/s1. The van der Waals surface area contributed by atoms with Crippen LogP contribution < -0.4 is 9.47 Å². The van der Waals surface area contributed by atoms with Crippen molar-refractivity contribution in [2.24, 2.45) is 10.9 Å². The average Bonchev–Trinajstić information content (AvgIpc) is 2.90. The smallest absolute Gasteiger partial charge is 0.315 e. The molecule has 1 aliphatic heterocycles. The van der Waals surface area contributed by atoms with Crippen molar-refractivity contribution in [3.05, 3.63) is 64.9 Å². The summed E-state index contributed by atoms with van der Waals surface area (Å²) in [7, 11) is 3.18. The van der Waals surface area contributed by atoms with Gasteiger partial charge in [-0.15, -0.1) is 0 Å². The number of hydrogen-bond acceptors (Lipinski definition) is 8. The Labute approximate surface area is 221 Å². The zero-order valence-electron chi connectivity index (χ0n) is 21.7. The second kappa shape index (κ2) is 11.9. The Balaban J connectivity index is 1.70. The van der Waals surface area contributed by atoms with Crippen LogP contribution in [0.3, 0.4) is 0 Å². The molecule has 0 saturated heterocycles. The van der Waals surface area contributed by atoms with Crippen molar-refractivity contribution in [3.8, 4) is 17.2 Å². The Morgan fingerprint density at radius 3 is 2.43 bits per heavy atom. The first-order valence-corrected chi connectivity index (χ1v) is 13.6. The molecule has 7 nitrogen and oxygen atoms in total. The van der Waals surface area contributed by atoms with Gasteiger partial charge in [0, 0.05) is 35.1 Å². The highest BCUT2D eigenvalue weighted by Crippen LogP contribution is 2.47. The van der Waals surface area contributed by atoms with E-state index in [4.69, 9.17) is 19.2 Å². The molecule has 196 valence electrons. The molecule has 0 bridgehead atoms. The number of methoxy groups -OCH3 is 2. The largest absolute Gasteiger partial charge is 0.508 e. The van der Waals surface area contributed by atoms with Crippen LogP contribution in [0.15, 0.2) is 58.7 Å². The number of phenolic OH excluding ortho intramolecular Hbond substituents is 1. The fourth-order valence-electron chi connectivity index (χ4n) is 5.18. The van der Waals surface area contributed by atoms with Crippen LogP contribution in [0.5, 0.6) is 17.2 Å². The molecule has 0 radical (unpaired) electrons. The maximum absolute atomic E-state index is 13.7. The summed E-state index contributed by atoms with van der Waals surface area (Å²) in [5.41, 5.74) is 3.66. The molecule has 0 aromatic heterocycles. The van der Waals surface area contributed by atoms with Gasteiger partial charge < -0.3 is 19.3 Å². The fourth-order valence-corrected chi connectivity index (χ4v) is 5.67. The summed E-state index contributed by atoms with van der Waals surface area (Å²) < 4.78 is 16.5. The van der Waals surface area contributed by atoms with E-state index in [9.17, 15) is 14.7 Å². The highest BCUT2D eigenvalue weighted by Gasteiger charge is 2.44. The van der Waals surface area contributed by atoms with E-state index in [0.29, 0.717) is 47.9 Å². The highest BCUT2D eigenvalue weighted by molar-refractivity contribution is 7.99. The average molecular weight is 524 g/mol. The molecular formula is C29H33NO6S. The molecular weight excluding hydrogens is 490 g/mol. The van der Waals surface area contributed by atoms with Crippen LogP contribution in [0.25, 0.3) is 0 Å². The minimum atomic E-state index is -0.698. The number of allylic oxidation sites excluding steroid dienone is 2. The van der Waals surface area contributed by atoms with Crippen LogP contribution in [-0.2, 0) is 14.3 Å². The van der Waals surface area contributed by atoms with Crippen LogP contribution in [-0.4, -0.2) is 54.9 Å². The summed E-state index contributed by atoms with van der Waals surface area (Å²) in [5, 5.41) is 9.86. The number of aliphatic imine (C=N–C) groups is 1. The third-order valence-corrected chi connectivity index (χ3v) is 7.81. The quantitative estimate of drug-likeness (QED) is 0.353. The van der Waals surface area contributed by atoms with Crippen molar-refractivity contribution in [1.29, 1.82) is 0 Å². The van der Waals surface area contributed by atoms with Crippen molar-refractivity contribution < 1.29 is 28.9 Å². The van der Waals surface area contributed by atoms with Crippen LogP contribution in [0.4, 0.5) is 0 Å². The summed E-state index contributed by atoms with van der Waals surface area (Å²) in [4.78, 5) is 31.8. The normalized spacial score (nSPS) is 21.2. The van der Waals surface area contributed by atoms with Crippen LogP contribution in [0.1, 0.15) is 49.7 Å². The molecule has 0 amide bonds. The summed E-state index contributed by atoms with van der Waals surface area (Å²) in [6.07, 6.45) is 0.865. The summed E-state index contributed by atoms with van der Waals surface area (Å²) in [5.74, 6) is 1.34. The Morgan fingerprint density at radius 1 is 1.05 bits per heavy atom. The second-order valence-corrected chi connectivity index (χ2v) is 10.6. The lowest BCUT2D eigenvalue weighted by molar-refractivity contribution is -0.145. The molecule has 1 unspecified atom stereocenters. The number of benzene rings is 2. The van der Waals surface area contributed by atoms with E-state index in [1.165, 1.54) is 0 Å². The first-order chi connectivity index (χ1) is 17.9. The molecule has 4 rings (SSSR count). The zero-order valence-corrected chi connectivity index (χ0v) is 22.5. The Hall–Kier alpha value is -3.26. The molecule has 2 aromatic rings. The maximum atomic E-state index is 13.7. The van der Waals surface area contributed by atoms with Gasteiger partial charge in [0.1, 0.15) is 18.3 Å². The lowest BCUT2D eigenvalue weighted by Crippen LogP contribution is -2.38. The van der Waals surface area contributed by atoms with E-state index in [0.717, 1.165) is 22.6 Å². The van der Waals surface area contributed by atoms with Gasteiger partial charge in [0.2, 0.25) is 0 Å². The molecule has 3 atom stereocenters. The number of ether oxygens (including phenoxy) is 3. The monoisotopic (exact) mass is 523 g/mol. The number of hydrogen-bond donors (Lipinski definition) is 1. The first-order valence-electron chi connectivity index (χ1n) is 12.4. The van der Waals surface area contributed by atoms with Gasteiger partial charge in [0.05, 0.1) is 14.2 Å². The van der Waals surface area contributed by atoms with E-state index in [-0.39, 0.29) is 23.4 Å². The lowest BCUT2D eigenvalue weighted by atomic mass is 9.69. The van der Waals surface area contributed by atoms with Crippen LogP contribution in [0, 0.1) is 5.92 Å². The molecule has 1 aliphatic carbocycles. The van der Waals surface area contributed by atoms with Gasteiger partial charge in [-0.05, 0) is 60.4 Å². The molecule has 37 heavy (non-hydrogen) atoms. The number of esters is 1. The third-order valence-electron chi connectivity index (χ3n) is 6.95. The molecule has 0 spiro atoms. The maximum Gasteiger partial charge on any atom is 0.315 e. The Kier molecular flexibility index (Phi) is 8.59. The molecule has 1 N–H and O–H groups in total. The molecule has 8 heteroatoms. The van der Waals surface area contributed by atoms with E-state index >= 15 is 0 Å². The van der Waals surface area contributed by atoms with Crippen molar-refractivity contribution >= 4 is 29.2 Å². The zero-order chi connectivity index (χ0) is 26.5. The molecule has 2 aromatic carbocycles. The predicted octanol–water partition coefficient (Wildman–Crippen LogP) is 5.28. The summed E-state index contributed by atoms with van der Waals surface area (Å²) in [6, 6.07) is 12.4. The number of nitrogens with zero attached hydrogens (tertiary/aromatic N) is 1. The number of phenols is 1. The first kappa shape index (κ1) is 26.8. The van der Waals surface area contributed by atoms with E-state index in [1.807, 2.05) is 25.1 Å². The minimum Gasteiger partial charge on any atom is -0.508 e. The topological polar surface area (TPSA) is 94.4 Å². The number of aromatic hydroxyl groups is 1. The van der Waals surface area contributed by atoms with Gasteiger partial charge in [0.15, 0.2) is 17.3 Å². The van der Waals surface area contributed by atoms with E-state index in [2.05, 4.69) is 6.92 Å². The lowest BCUT2D eigenvalue weighted by Gasteiger charge is -2.36. The number of ketones is 1. The van der Waals surface area contributed by atoms with Gasteiger partial charge >= 0.3 is 5.97 Å². The molecule has 1 heterocycles. The van der Waals surface area contributed by atoms with E-state index < -0.39 is 11.8 Å². The third kappa shape index (κ3) is 5.69. The van der Waals surface area contributed by atoms with Gasteiger partial charge in [0.25, 0.3) is 0 Å². The van der Waals surface area contributed by atoms with Crippen molar-refractivity contribution in [3.63, 3.8) is 0 Å². The molecule has 2 aliphatic rings. The van der Waals surface area contributed by atoms with Gasteiger partial charge in [-0.25, -0.2) is 0 Å². The number of carbonyl (C=O) groups excluding carboxylic acids is 2. The van der Waals surface area contributed by atoms with Crippen molar-refractivity contribution in [2.75, 3.05) is 32.3 Å². The molecule has 0 fully saturated rings. The number of carbonyl (C=O) groups is 2. The van der Waals surface area contributed by atoms with E-state index in [1.54, 1.807) is 50.2 Å². The van der Waals surface area contributed by atoms with Gasteiger partial charge in [-0.2, -0.15) is 11.8 Å². The van der Waals surface area contributed by atoms with Crippen molar-refractivity contribution in [2.45, 2.75) is 38.5 Å². The summed E-state index contributed by atoms with van der Waals surface area (Å²) in [6.45, 7) is 4.20. The number of rotatable bonds is 9. The molecule has 0 saturated carbocycles. The SMILES string of the molecule is CCSCCOC(=O)C1C(C)=NC2=C(C(=O)C[C@H](c3ccc(OC)c(OC)c3)C2)[C@@H]1c1ccc(O)cc1. The van der Waals surface area contributed by atoms with Gasteiger partial charge in [-0.3, -0.25) is 14.6 Å². The number of Topliss-reactive ketones (excluding diaryl/α,β-unsaturated/α-hetero) is 1. The Morgan fingerprint density at radius 2 is 1.76 bits per heavy atom. The minimum absolute atomic E-state index is 0.0327. The Bertz CT molecular complexity index is 1220. The second-order valence-electron chi connectivity index (χ2n) is 9.17. The van der Waals surface area contributed by atoms with Crippen LogP contribution >= 0.6 is 11.8 Å². The predicted molar refractivity (Wildman–Crippen MR) is 145 cm³/mol. The highest BCUT2D eigenvalue weighted by atomic mass is 32.2.